The second-order valence-corrected chi connectivity index (χ2v) is 3.75. The highest BCUT2D eigenvalue weighted by atomic mass is 16.4. The van der Waals surface area contributed by atoms with Crippen LogP contribution in [0.1, 0.15) is 19.0 Å². The quantitative estimate of drug-likeness (QED) is 0.794. The number of nitrogens with one attached hydrogen (secondary N) is 1. The maximum atomic E-state index is 11.7. The van der Waals surface area contributed by atoms with E-state index in [-0.39, 0.29) is 6.54 Å². The number of hydrogen-bond donors (Lipinski definition) is 2. The molecule has 1 atom stereocenters. The standard InChI is InChI=1S/C11H16N4O3/c1-3-9(10(16)17)15(2)11(18)12-7-8-5-4-6-13-14-8/h4-6,9H,3,7H2,1-2H3,(H,12,18)(H,16,17). The molecule has 0 radical (unpaired) electrons. The normalized spacial score (nSPS) is 11.7. The third-order valence-electron chi connectivity index (χ3n) is 2.51. The number of carbonyl (C=O) groups is 2. The van der Waals surface area contributed by atoms with Crippen molar-refractivity contribution in [2.45, 2.75) is 25.9 Å². The van der Waals surface area contributed by atoms with E-state index in [4.69, 9.17) is 5.11 Å². The molecule has 0 spiro atoms. The first-order chi connectivity index (χ1) is 8.56. The highest BCUT2D eigenvalue weighted by Crippen LogP contribution is 2.02. The molecule has 18 heavy (non-hydrogen) atoms. The monoisotopic (exact) mass is 252 g/mol. The van der Waals surface area contributed by atoms with E-state index >= 15 is 0 Å². The van der Waals surface area contributed by atoms with Crippen LogP contribution < -0.4 is 5.32 Å². The lowest BCUT2D eigenvalue weighted by molar-refractivity contribution is -0.141. The van der Waals surface area contributed by atoms with Gasteiger partial charge in [0, 0.05) is 13.2 Å². The van der Waals surface area contributed by atoms with Gasteiger partial charge in [-0.15, -0.1) is 0 Å². The van der Waals surface area contributed by atoms with Gasteiger partial charge in [0.2, 0.25) is 0 Å². The molecule has 0 aromatic carbocycles. The smallest absolute Gasteiger partial charge is 0.326 e. The zero-order valence-corrected chi connectivity index (χ0v) is 10.3. The third kappa shape index (κ3) is 3.69. The molecule has 1 aromatic heterocycles. The Morgan fingerprint density at radius 3 is 2.78 bits per heavy atom. The highest BCUT2D eigenvalue weighted by molar-refractivity contribution is 5.82. The van der Waals surface area contributed by atoms with E-state index in [1.54, 1.807) is 19.1 Å². The first-order valence-electron chi connectivity index (χ1n) is 5.56. The van der Waals surface area contributed by atoms with Gasteiger partial charge in [0.1, 0.15) is 6.04 Å². The Morgan fingerprint density at radius 1 is 1.56 bits per heavy atom. The zero-order valence-electron chi connectivity index (χ0n) is 10.3. The van der Waals surface area contributed by atoms with Crippen molar-refractivity contribution in [2.24, 2.45) is 0 Å². The molecule has 0 fully saturated rings. The summed E-state index contributed by atoms with van der Waals surface area (Å²) < 4.78 is 0. The Balaban J connectivity index is 2.52. The third-order valence-corrected chi connectivity index (χ3v) is 2.51. The number of urea groups is 1. The van der Waals surface area contributed by atoms with Gasteiger partial charge in [-0.3, -0.25) is 0 Å². The molecule has 0 saturated carbocycles. The number of nitrogens with zero attached hydrogens (tertiary/aromatic N) is 3. The van der Waals surface area contributed by atoms with Crippen molar-refractivity contribution in [1.29, 1.82) is 0 Å². The molecular formula is C11H16N4O3. The average molecular weight is 252 g/mol. The summed E-state index contributed by atoms with van der Waals surface area (Å²) in [6.45, 7) is 1.93. The molecule has 1 heterocycles. The van der Waals surface area contributed by atoms with Gasteiger partial charge in [-0.2, -0.15) is 10.2 Å². The van der Waals surface area contributed by atoms with Gasteiger partial charge in [-0.05, 0) is 18.6 Å². The summed E-state index contributed by atoms with van der Waals surface area (Å²) in [4.78, 5) is 23.8. The molecule has 2 N–H and O–H groups in total. The van der Waals surface area contributed by atoms with Crippen LogP contribution in [0, 0.1) is 0 Å². The number of hydrogen-bond acceptors (Lipinski definition) is 4. The first-order valence-corrected chi connectivity index (χ1v) is 5.56. The summed E-state index contributed by atoms with van der Waals surface area (Å²) in [5, 5.41) is 19.0. The minimum absolute atomic E-state index is 0.215. The Hall–Kier alpha value is -2.18. The molecule has 1 unspecified atom stereocenters. The predicted molar refractivity (Wildman–Crippen MR) is 63.7 cm³/mol. The van der Waals surface area contributed by atoms with Crippen molar-refractivity contribution in [3.8, 4) is 0 Å². The summed E-state index contributed by atoms with van der Waals surface area (Å²) in [6, 6.07) is 2.16. The van der Waals surface area contributed by atoms with Crippen molar-refractivity contribution in [1.82, 2.24) is 20.4 Å². The van der Waals surface area contributed by atoms with Crippen LogP contribution in [0.25, 0.3) is 0 Å². The van der Waals surface area contributed by atoms with Gasteiger partial charge in [0.15, 0.2) is 0 Å². The van der Waals surface area contributed by atoms with Crippen molar-refractivity contribution >= 4 is 12.0 Å². The van der Waals surface area contributed by atoms with Gasteiger partial charge in [0.25, 0.3) is 0 Å². The van der Waals surface area contributed by atoms with Gasteiger partial charge in [-0.25, -0.2) is 9.59 Å². The number of aliphatic carboxylic acids is 1. The summed E-state index contributed by atoms with van der Waals surface area (Å²) in [7, 11) is 1.45. The lowest BCUT2D eigenvalue weighted by atomic mass is 10.2. The fourth-order valence-electron chi connectivity index (χ4n) is 1.47. The number of carboxylic acid groups (broad SMARTS) is 1. The molecule has 1 rings (SSSR count). The molecular weight excluding hydrogens is 236 g/mol. The van der Waals surface area contributed by atoms with E-state index < -0.39 is 18.0 Å². The van der Waals surface area contributed by atoms with Crippen LogP contribution in [0.15, 0.2) is 18.3 Å². The Kier molecular flexibility index (Phi) is 5.04. The predicted octanol–water partition coefficient (Wildman–Crippen LogP) is 0.481. The topological polar surface area (TPSA) is 95.4 Å². The number of carbonyl (C=O) groups excluding carboxylic acids is 1. The Bertz CT molecular complexity index is 410. The van der Waals surface area contributed by atoms with E-state index in [1.165, 1.54) is 18.1 Å². The average Bonchev–Trinajstić information content (AvgIpc) is 2.37. The molecule has 0 aliphatic carbocycles. The lowest BCUT2D eigenvalue weighted by Crippen LogP contribution is -2.46. The van der Waals surface area contributed by atoms with Gasteiger partial charge >= 0.3 is 12.0 Å². The van der Waals surface area contributed by atoms with Gasteiger partial charge in [-0.1, -0.05) is 6.92 Å². The molecule has 0 aliphatic rings. The Morgan fingerprint density at radius 2 is 2.28 bits per heavy atom. The highest BCUT2D eigenvalue weighted by Gasteiger charge is 2.24. The number of amides is 2. The van der Waals surface area contributed by atoms with E-state index in [0.29, 0.717) is 12.1 Å². The molecule has 7 heteroatoms. The van der Waals surface area contributed by atoms with Gasteiger partial charge < -0.3 is 15.3 Å². The van der Waals surface area contributed by atoms with Crippen LogP contribution in [-0.4, -0.2) is 45.3 Å². The van der Waals surface area contributed by atoms with Crippen molar-refractivity contribution in [3.05, 3.63) is 24.0 Å². The van der Waals surface area contributed by atoms with Crippen LogP contribution in [0.4, 0.5) is 4.79 Å². The number of likely N-dealkylation sites (N-methyl/N-ethyl adjacent to an activating group) is 1. The second kappa shape index (κ2) is 6.53. The SMILES string of the molecule is CCC(C(=O)O)N(C)C(=O)NCc1cccnn1. The molecule has 0 bridgehead atoms. The maximum absolute atomic E-state index is 11.7. The van der Waals surface area contributed by atoms with Crippen LogP contribution in [0.3, 0.4) is 0 Å². The van der Waals surface area contributed by atoms with E-state index in [0.717, 1.165) is 0 Å². The summed E-state index contributed by atoms with van der Waals surface area (Å²) in [5.41, 5.74) is 0.614. The summed E-state index contributed by atoms with van der Waals surface area (Å²) in [5.74, 6) is -1.02. The number of aromatic nitrogens is 2. The molecule has 0 saturated heterocycles. The largest absolute Gasteiger partial charge is 0.480 e. The molecule has 0 aliphatic heterocycles. The molecule has 1 aromatic rings. The van der Waals surface area contributed by atoms with Gasteiger partial charge in [0.05, 0.1) is 12.2 Å². The fraction of sp³-hybridized carbons (Fsp3) is 0.455. The van der Waals surface area contributed by atoms with Crippen molar-refractivity contribution in [3.63, 3.8) is 0 Å². The molecule has 2 amide bonds. The van der Waals surface area contributed by atoms with Crippen LogP contribution in [0.5, 0.6) is 0 Å². The number of rotatable bonds is 5. The fourth-order valence-corrected chi connectivity index (χ4v) is 1.47. The molecule has 98 valence electrons. The Labute approximate surface area is 105 Å². The summed E-state index contributed by atoms with van der Waals surface area (Å²) >= 11 is 0. The maximum Gasteiger partial charge on any atom is 0.326 e. The molecule has 7 nitrogen and oxygen atoms in total. The van der Waals surface area contributed by atoms with Crippen molar-refractivity contribution < 1.29 is 14.7 Å². The van der Waals surface area contributed by atoms with Crippen LogP contribution in [-0.2, 0) is 11.3 Å². The minimum atomic E-state index is -1.02. The number of carboxylic acids is 1. The lowest BCUT2D eigenvalue weighted by Gasteiger charge is -2.23. The van der Waals surface area contributed by atoms with E-state index in [2.05, 4.69) is 15.5 Å². The zero-order chi connectivity index (χ0) is 13.5. The van der Waals surface area contributed by atoms with Crippen LogP contribution >= 0.6 is 0 Å². The van der Waals surface area contributed by atoms with E-state index in [9.17, 15) is 9.59 Å². The minimum Gasteiger partial charge on any atom is -0.480 e. The second-order valence-electron chi connectivity index (χ2n) is 3.75. The van der Waals surface area contributed by atoms with E-state index in [1.807, 2.05) is 0 Å². The first kappa shape index (κ1) is 13.9. The van der Waals surface area contributed by atoms with Crippen molar-refractivity contribution in [2.75, 3.05) is 7.05 Å². The van der Waals surface area contributed by atoms with Crippen LogP contribution in [0.2, 0.25) is 0 Å². The summed E-state index contributed by atoms with van der Waals surface area (Å²) in [6.07, 6.45) is 1.89.